The zero-order chi connectivity index (χ0) is 36.5. The topological polar surface area (TPSA) is 0 Å². The molecule has 4 aromatic rings. The molecule has 0 saturated heterocycles. The molecule has 0 spiro atoms. The molecule has 2 aliphatic rings. The summed E-state index contributed by atoms with van der Waals surface area (Å²) >= 11 is 0. The maximum atomic E-state index is 14.2. The first-order chi connectivity index (χ1) is 24.6. The minimum Gasteiger partial charge on any atom is -0.204 e. The number of hydrogen-bond acceptors (Lipinski definition) is 0. The molecule has 0 unspecified atom stereocenters. The van der Waals surface area contributed by atoms with Gasteiger partial charge < -0.3 is 0 Å². The second-order valence-corrected chi connectivity index (χ2v) is 14.5. The Morgan fingerprint density at radius 1 is 0.510 bits per heavy atom. The van der Waals surface area contributed by atoms with Gasteiger partial charge in [-0.1, -0.05) is 100 Å². The van der Waals surface area contributed by atoms with Gasteiger partial charge in [0.15, 0.2) is 34.9 Å². The van der Waals surface area contributed by atoms with Crippen LogP contribution >= 0.6 is 0 Å². The third kappa shape index (κ3) is 9.55. The van der Waals surface area contributed by atoms with Gasteiger partial charge in [0.2, 0.25) is 0 Å². The lowest BCUT2D eigenvalue weighted by Gasteiger charge is -2.28. The van der Waals surface area contributed by atoms with E-state index in [1.807, 2.05) is 36.4 Å². The summed E-state index contributed by atoms with van der Waals surface area (Å²) in [6, 6.07) is 18.9. The van der Waals surface area contributed by atoms with Gasteiger partial charge in [-0.15, -0.1) is 0 Å². The molecule has 0 radical (unpaired) electrons. The lowest BCUT2D eigenvalue weighted by atomic mass is 9.77. The van der Waals surface area contributed by atoms with E-state index in [0.29, 0.717) is 34.1 Å². The van der Waals surface area contributed by atoms with Crippen LogP contribution in [0.15, 0.2) is 72.8 Å². The van der Waals surface area contributed by atoms with Crippen molar-refractivity contribution in [3.05, 3.63) is 124 Å². The predicted octanol–water partition coefficient (Wildman–Crippen LogP) is 14.7. The molecular weight excluding hydrogens is 654 g/mol. The first-order valence-electron chi connectivity index (χ1n) is 18.8. The molecule has 51 heavy (non-hydrogen) atoms. The Labute approximate surface area is 300 Å². The highest BCUT2D eigenvalue weighted by molar-refractivity contribution is 5.76. The molecule has 0 aromatic heterocycles. The number of allylic oxidation sites excluding steroid dienone is 1. The van der Waals surface area contributed by atoms with Crippen molar-refractivity contribution in [3.63, 3.8) is 0 Å². The van der Waals surface area contributed by atoms with Crippen LogP contribution in [0.2, 0.25) is 0 Å². The van der Waals surface area contributed by atoms with Gasteiger partial charge >= 0.3 is 0 Å². The first kappa shape index (κ1) is 38.4. The van der Waals surface area contributed by atoms with E-state index < -0.39 is 34.9 Å². The first-order valence-corrected chi connectivity index (χ1v) is 18.8. The second-order valence-electron chi connectivity index (χ2n) is 14.5. The molecule has 0 heterocycles. The molecule has 0 nitrogen and oxygen atoms in total. The van der Waals surface area contributed by atoms with E-state index >= 15 is 0 Å². The van der Waals surface area contributed by atoms with Crippen molar-refractivity contribution in [2.75, 3.05) is 0 Å². The Bertz CT molecular complexity index is 1720. The van der Waals surface area contributed by atoms with Gasteiger partial charge in [-0.05, 0) is 134 Å². The fourth-order valence-electron chi connectivity index (χ4n) is 8.17. The van der Waals surface area contributed by atoms with Crippen LogP contribution in [-0.2, 0) is 0 Å². The second kappa shape index (κ2) is 18.1. The SMILES string of the molecule is CC=Cc1c(-c2ccc(C3CCC(CCC)CC3)cc2)cc(F)c(F)c1F.CCCC1CCC(c2ccc(-c3cc(F)c(F)c(F)c3)cc2)CC1. The van der Waals surface area contributed by atoms with Crippen molar-refractivity contribution in [2.45, 2.75) is 110 Å². The minimum atomic E-state index is -1.42. The van der Waals surface area contributed by atoms with Crippen LogP contribution in [0.25, 0.3) is 28.3 Å². The lowest BCUT2D eigenvalue weighted by molar-refractivity contribution is 0.308. The molecule has 4 aromatic carbocycles. The van der Waals surface area contributed by atoms with Crippen molar-refractivity contribution >= 4 is 6.08 Å². The molecule has 2 saturated carbocycles. The van der Waals surface area contributed by atoms with E-state index in [1.54, 1.807) is 13.0 Å². The molecule has 6 rings (SSSR count). The zero-order valence-corrected chi connectivity index (χ0v) is 30.1. The van der Waals surface area contributed by atoms with Crippen LogP contribution in [0.4, 0.5) is 26.3 Å². The monoisotopic (exact) mass is 704 g/mol. The molecule has 272 valence electrons. The van der Waals surface area contributed by atoms with Crippen molar-refractivity contribution in [3.8, 4) is 22.3 Å². The number of halogens is 6. The average molecular weight is 705 g/mol. The van der Waals surface area contributed by atoms with Gasteiger partial charge in [0.25, 0.3) is 0 Å². The van der Waals surface area contributed by atoms with E-state index in [0.717, 1.165) is 30.0 Å². The van der Waals surface area contributed by atoms with Crippen LogP contribution in [0.3, 0.4) is 0 Å². The van der Waals surface area contributed by atoms with Gasteiger partial charge in [0.1, 0.15) is 0 Å². The fraction of sp³-hybridized carbons (Fsp3) is 0.422. The highest BCUT2D eigenvalue weighted by Crippen LogP contribution is 2.40. The predicted molar refractivity (Wildman–Crippen MR) is 197 cm³/mol. The maximum absolute atomic E-state index is 14.2. The normalized spacial score (nSPS) is 20.6. The van der Waals surface area contributed by atoms with Crippen LogP contribution in [0, 0.1) is 46.7 Å². The van der Waals surface area contributed by atoms with Crippen LogP contribution in [0.5, 0.6) is 0 Å². The summed E-state index contributed by atoms with van der Waals surface area (Å²) < 4.78 is 81.4. The van der Waals surface area contributed by atoms with Crippen molar-refractivity contribution in [2.24, 2.45) is 11.8 Å². The minimum absolute atomic E-state index is 0.0872. The third-order valence-corrected chi connectivity index (χ3v) is 11.0. The van der Waals surface area contributed by atoms with Crippen LogP contribution in [-0.4, -0.2) is 0 Å². The Morgan fingerprint density at radius 2 is 0.941 bits per heavy atom. The van der Waals surface area contributed by atoms with Gasteiger partial charge in [0.05, 0.1) is 0 Å². The van der Waals surface area contributed by atoms with Crippen molar-refractivity contribution < 1.29 is 26.3 Å². The summed E-state index contributed by atoms with van der Waals surface area (Å²) in [5, 5.41) is 0. The molecule has 0 atom stereocenters. The smallest absolute Gasteiger partial charge is 0.195 e. The quantitative estimate of drug-likeness (QED) is 0.120. The van der Waals surface area contributed by atoms with E-state index in [-0.39, 0.29) is 5.56 Å². The van der Waals surface area contributed by atoms with Gasteiger partial charge in [-0.3, -0.25) is 0 Å². The Hall–Kier alpha value is -3.80. The highest BCUT2D eigenvalue weighted by Gasteiger charge is 2.24. The third-order valence-electron chi connectivity index (χ3n) is 11.0. The van der Waals surface area contributed by atoms with Crippen LogP contribution in [0.1, 0.15) is 126 Å². The lowest BCUT2D eigenvalue weighted by Crippen LogP contribution is -2.13. The molecule has 6 heteroatoms. The number of rotatable bonds is 9. The van der Waals surface area contributed by atoms with E-state index in [2.05, 4.69) is 26.0 Å². The molecular formula is C45H50F6. The number of hydrogen-bond donors (Lipinski definition) is 0. The standard InChI is InChI=1S/C24H27F3.C21H23F3/c1-3-5-16-7-9-17(10-8-16)18-11-13-19(14-12-18)21-15-22(25)24(27)23(26)20(21)6-4-2;1-2-3-14-4-6-15(7-5-14)16-8-10-17(11-9-16)18-12-19(22)21(24)20(23)13-18/h4,6,11-17H,3,5,7-10H2,1-2H3;8-15H,2-7H2,1H3. The molecule has 0 bridgehead atoms. The summed E-state index contributed by atoms with van der Waals surface area (Å²) in [6.45, 7) is 6.21. The average Bonchev–Trinajstić information content (AvgIpc) is 3.15. The molecule has 0 amide bonds. The van der Waals surface area contributed by atoms with Gasteiger partial charge in [0, 0.05) is 5.56 Å². The van der Waals surface area contributed by atoms with Gasteiger partial charge in [-0.25, -0.2) is 26.3 Å². The number of benzene rings is 4. The largest absolute Gasteiger partial charge is 0.204 e. The molecule has 0 aliphatic heterocycles. The Kier molecular flexibility index (Phi) is 13.6. The highest BCUT2D eigenvalue weighted by atomic mass is 19.2. The van der Waals surface area contributed by atoms with E-state index in [1.165, 1.54) is 94.3 Å². The van der Waals surface area contributed by atoms with Gasteiger partial charge in [-0.2, -0.15) is 0 Å². The summed E-state index contributed by atoms with van der Waals surface area (Å²) in [5.41, 5.74) is 4.80. The fourth-order valence-corrected chi connectivity index (χ4v) is 8.17. The molecule has 2 fully saturated rings. The Balaban J connectivity index is 0.000000199. The maximum Gasteiger partial charge on any atom is 0.195 e. The summed E-state index contributed by atoms with van der Waals surface area (Å²) in [7, 11) is 0. The Morgan fingerprint density at radius 3 is 1.37 bits per heavy atom. The van der Waals surface area contributed by atoms with E-state index in [4.69, 9.17) is 0 Å². The van der Waals surface area contributed by atoms with Crippen LogP contribution < -0.4 is 0 Å². The van der Waals surface area contributed by atoms with Crippen molar-refractivity contribution in [1.29, 1.82) is 0 Å². The zero-order valence-electron chi connectivity index (χ0n) is 30.1. The molecule has 2 aliphatic carbocycles. The van der Waals surface area contributed by atoms with E-state index in [9.17, 15) is 26.3 Å². The summed E-state index contributed by atoms with van der Waals surface area (Å²) in [6.07, 6.45) is 18.2. The molecule has 0 N–H and O–H groups in total. The summed E-state index contributed by atoms with van der Waals surface area (Å²) in [4.78, 5) is 0. The van der Waals surface area contributed by atoms with Crippen molar-refractivity contribution in [1.82, 2.24) is 0 Å². The summed E-state index contributed by atoms with van der Waals surface area (Å²) in [5.74, 6) is -4.57.